The van der Waals surface area contributed by atoms with Crippen LogP contribution in [0.15, 0.2) is 24.3 Å². The van der Waals surface area contributed by atoms with Gasteiger partial charge >= 0.3 is 0 Å². The fourth-order valence-electron chi connectivity index (χ4n) is 1.83. The van der Waals surface area contributed by atoms with Gasteiger partial charge in [0.1, 0.15) is 0 Å². The minimum atomic E-state index is 0.0199. The van der Waals surface area contributed by atoms with Crippen LogP contribution in [-0.4, -0.2) is 22.1 Å². The lowest BCUT2D eigenvalue weighted by Crippen LogP contribution is -2.16. The molecule has 2 N–H and O–H groups in total. The zero-order valence-electron chi connectivity index (χ0n) is 9.31. The van der Waals surface area contributed by atoms with E-state index in [0.29, 0.717) is 6.42 Å². The summed E-state index contributed by atoms with van der Waals surface area (Å²) in [5.74, 6) is 0.0199. The van der Waals surface area contributed by atoms with Crippen LogP contribution in [0, 0.1) is 0 Å². The second-order valence-corrected chi connectivity index (χ2v) is 3.70. The van der Waals surface area contributed by atoms with Crippen molar-refractivity contribution in [3.05, 3.63) is 30.0 Å². The molecule has 1 aromatic carbocycles. The number of carbonyl (C=O) groups is 1. The van der Waals surface area contributed by atoms with E-state index in [2.05, 4.69) is 5.10 Å². The minimum Gasteiger partial charge on any atom is -0.324 e. The Balaban J connectivity index is 2.49. The molecule has 0 fully saturated rings. The van der Waals surface area contributed by atoms with Gasteiger partial charge in [0, 0.05) is 11.9 Å². The maximum Gasteiger partial charge on any atom is 0.152 e. The summed E-state index contributed by atoms with van der Waals surface area (Å²) in [7, 11) is 0. The van der Waals surface area contributed by atoms with Crippen molar-refractivity contribution in [1.29, 1.82) is 0 Å². The minimum absolute atomic E-state index is 0.0199. The summed E-state index contributed by atoms with van der Waals surface area (Å²) >= 11 is 0. The molecular weight excluding hydrogens is 202 g/mol. The largest absolute Gasteiger partial charge is 0.324 e. The molecule has 0 unspecified atom stereocenters. The third-order valence-electron chi connectivity index (χ3n) is 2.63. The van der Waals surface area contributed by atoms with Crippen LogP contribution in [0.1, 0.15) is 12.6 Å². The number of para-hydroxylation sites is 1. The first-order chi connectivity index (χ1) is 7.76. The second-order valence-electron chi connectivity index (χ2n) is 3.70. The number of benzene rings is 1. The summed E-state index contributed by atoms with van der Waals surface area (Å²) in [5.41, 5.74) is 7.22. The van der Waals surface area contributed by atoms with E-state index in [9.17, 15) is 4.79 Å². The van der Waals surface area contributed by atoms with E-state index < -0.39 is 0 Å². The highest BCUT2D eigenvalue weighted by Gasteiger charge is 2.11. The summed E-state index contributed by atoms with van der Waals surface area (Å²) in [6, 6.07) is 7.95. The van der Waals surface area contributed by atoms with Crippen LogP contribution >= 0.6 is 0 Å². The van der Waals surface area contributed by atoms with Crippen LogP contribution < -0.4 is 5.73 Å². The number of ketones is 1. The Morgan fingerprint density at radius 2 is 2.19 bits per heavy atom. The number of hydrogen-bond acceptors (Lipinski definition) is 3. The van der Waals surface area contributed by atoms with Crippen molar-refractivity contribution in [2.45, 2.75) is 19.9 Å². The molecule has 0 radical (unpaired) electrons. The monoisotopic (exact) mass is 217 g/mol. The first-order valence-corrected chi connectivity index (χ1v) is 5.42. The third-order valence-corrected chi connectivity index (χ3v) is 2.63. The van der Waals surface area contributed by atoms with Crippen molar-refractivity contribution in [2.75, 3.05) is 6.54 Å². The summed E-state index contributed by atoms with van der Waals surface area (Å²) in [6.07, 6.45) is 0.323. The number of hydrogen-bond donors (Lipinski definition) is 1. The van der Waals surface area contributed by atoms with Crippen LogP contribution in [0.25, 0.3) is 10.9 Å². The standard InChI is InChI=1S/C12H15N3O/c1-2-15-12-6-4-3-5-10(12)11(14-15)7-9(16)8-13/h3-6H,2,7-8,13H2,1H3. The lowest BCUT2D eigenvalue weighted by molar-refractivity contribution is -0.117. The van der Waals surface area contributed by atoms with Gasteiger partial charge in [-0.1, -0.05) is 18.2 Å². The van der Waals surface area contributed by atoms with Crippen LogP contribution in [0.4, 0.5) is 0 Å². The Hall–Kier alpha value is -1.68. The number of nitrogens with zero attached hydrogens (tertiary/aromatic N) is 2. The maximum atomic E-state index is 11.3. The molecule has 0 amide bonds. The summed E-state index contributed by atoms with van der Waals surface area (Å²) < 4.78 is 1.91. The molecule has 0 spiro atoms. The van der Waals surface area contributed by atoms with Crippen molar-refractivity contribution < 1.29 is 4.79 Å². The van der Waals surface area contributed by atoms with Crippen molar-refractivity contribution in [2.24, 2.45) is 5.73 Å². The van der Waals surface area contributed by atoms with E-state index in [4.69, 9.17) is 5.73 Å². The van der Waals surface area contributed by atoms with Gasteiger partial charge in [-0.3, -0.25) is 9.48 Å². The smallest absolute Gasteiger partial charge is 0.152 e. The number of carbonyl (C=O) groups excluding carboxylic acids is 1. The molecule has 16 heavy (non-hydrogen) atoms. The molecule has 84 valence electrons. The van der Waals surface area contributed by atoms with Gasteiger partial charge < -0.3 is 5.73 Å². The van der Waals surface area contributed by atoms with E-state index in [1.165, 1.54) is 0 Å². The molecule has 0 saturated carbocycles. The fraction of sp³-hybridized carbons (Fsp3) is 0.333. The Morgan fingerprint density at radius 1 is 1.44 bits per heavy atom. The van der Waals surface area contributed by atoms with Gasteiger partial charge in [0.05, 0.1) is 24.2 Å². The average Bonchev–Trinajstić information content (AvgIpc) is 2.68. The van der Waals surface area contributed by atoms with Crippen LogP contribution in [0.5, 0.6) is 0 Å². The molecule has 0 atom stereocenters. The van der Waals surface area contributed by atoms with Gasteiger partial charge in [-0.25, -0.2) is 0 Å². The maximum absolute atomic E-state index is 11.3. The first-order valence-electron chi connectivity index (χ1n) is 5.42. The zero-order chi connectivity index (χ0) is 11.5. The van der Waals surface area contributed by atoms with E-state index >= 15 is 0 Å². The number of aromatic nitrogens is 2. The van der Waals surface area contributed by atoms with E-state index in [1.807, 2.05) is 35.9 Å². The van der Waals surface area contributed by atoms with Crippen molar-refractivity contribution in [3.63, 3.8) is 0 Å². The van der Waals surface area contributed by atoms with Crippen LogP contribution in [0.3, 0.4) is 0 Å². The van der Waals surface area contributed by atoms with Gasteiger partial charge in [0.15, 0.2) is 5.78 Å². The highest BCUT2D eigenvalue weighted by Crippen LogP contribution is 2.18. The topological polar surface area (TPSA) is 60.9 Å². The molecule has 0 aliphatic rings. The third kappa shape index (κ3) is 1.84. The summed E-state index contributed by atoms with van der Waals surface area (Å²) in [4.78, 5) is 11.3. The highest BCUT2D eigenvalue weighted by atomic mass is 16.1. The van der Waals surface area contributed by atoms with Gasteiger partial charge in [0.25, 0.3) is 0 Å². The molecule has 0 saturated heterocycles. The zero-order valence-corrected chi connectivity index (χ0v) is 9.31. The fourth-order valence-corrected chi connectivity index (χ4v) is 1.83. The molecule has 0 bridgehead atoms. The SMILES string of the molecule is CCn1nc(CC(=O)CN)c2ccccc21. The van der Waals surface area contributed by atoms with E-state index in [-0.39, 0.29) is 12.3 Å². The van der Waals surface area contributed by atoms with Gasteiger partial charge in [-0.05, 0) is 13.0 Å². The number of fused-ring (bicyclic) bond motifs is 1. The lowest BCUT2D eigenvalue weighted by atomic mass is 10.1. The Morgan fingerprint density at radius 3 is 2.88 bits per heavy atom. The Labute approximate surface area is 94.0 Å². The lowest BCUT2D eigenvalue weighted by Gasteiger charge is -1.95. The van der Waals surface area contributed by atoms with Gasteiger partial charge in [-0.2, -0.15) is 5.10 Å². The van der Waals surface area contributed by atoms with Crippen molar-refractivity contribution in [3.8, 4) is 0 Å². The number of rotatable bonds is 4. The predicted molar refractivity (Wildman–Crippen MR) is 63.2 cm³/mol. The molecular formula is C12H15N3O. The molecule has 4 heteroatoms. The van der Waals surface area contributed by atoms with E-state index in [1.54, 1.807) is 0 Å². The second kappa shape index (κ2) is 4.45. The summed E-state index contributed by atoms with van der Waals surface area (Å²) in [6.45, 7) is 2.92. The first kappa shape index (κ1) is 10.8. The number of nitrogens with two attached hydrogens (primary N) is 1. The van der Waals surface area contributed by atoms with Gasteiger partial charge in [0.2, 0.25) is 0 Å². The molecule has 2 rings (SSSR count). The molecule has 4 nitrogen and oxygen atoms in total. The number of aryl methyl sites for hydroxylation is 1. The summed E-state index contributed by atoms with van der Waals surface area (Å²) in [5, 5.41) is 5.48. The quantitative estimate of drug-likeness (QED) is 0.835. The molecule has 1 aromatic heterocycles. The molecule has 0 aliphatic carbocycles. The van der Waals surface area contributed by atoms with Crippen molar-refractivity contribution in [1.82, 2.24) is 9.78 Å². The van der Waals surface area contributed by atoms with E-state index in [0.717, 1.165) is 23.1 Å². The van der Waals surface area contributed by atoms with Crippen LogP contribution in [-0.2, 0) is 17.8 Å². The normalized spacial score (nSPS) is 10.9. The van der Waals surface area contributed by atoms with Gasteiger partial charge in [-0.15, -0.1) is 0 Å². The molecule has 0 aliphatic heterocycles. The predicted octanol–water partition coefficient (Wildman–Crippen LogP) is 1.13. The molecule has 2 aromatic rings. The Bertz CT molecular complexity index is 516. The highest BCUT2D eigenvalue weighted by molar-refractivity contribution is 5.89. The Kier molecular flexibility index (Phi) is 3.01. The average molecular weight is 217 g/mol. The molecule has 1 heterocycles. The van der Waals surface area contributed by atoms with Crippen LogP contribution in [0.2, 0.25) is 0 Å². The van der Waals surface area contributed by atoms with Crippen molar-refractivity contribution >= 4 is 16.7 Å². The number of Topliss-reactive ketones (excluding diaryl/α,β-unsaturated/α-hetero) is 1.